The number of aliphatic imine (C=N–C) groups is 1. The molecule has 7 heteroatoms. The molecule has 5 heterocycles. The third kappa shape index (κ3) is 4.19. The number of carboxylic acid groups (broad SMARTS) is 1. The van der Waals surface area contributed by atoms with Crippen molar-refractivity contribution in [1.29, 1.82) is 0 Å². The monoisotopic (exact) mass is 436 g/mol. The van der Waals surface area contributed by atoms with E-state index in [1.807, 2.05) is 12.1 Å². The Morgan fingerprint density at radius 3 is 2.69 bits per heavy atom. The van der Waals surface area contributed by atoms with E-state index in [1.54, 1.807) is 19.4 Å². The van der Waals surface area contributed by atoms with Gasteiger partial charge in [-0.3, -0.25) is 4.99 Å². The molecule has 0 radical (unpaired) electrons. The quantitative estimate of drug-likeness (QED) is 0.652. The van der Waals surface area contributed by atoms with Gasteiger partial charge in [0.2, 0.25) is 0 Å². The number of dihydropyridines is 1. The molecule has 3 atom stereocenters. The molecule has 0 aromatic heterocycles. The first kappa shape index (κ1) is 21.2. The third-order valence-corrected chi connectivity index (χ3v) is 7.44. The second kappa shape index (κ2) is 9.08. The average molecular weight is 437 g/mol. The van der Waals surface area contributed by atoms with Crippen molar-refractivity contribution in [3.63, 3.8) is 0 Å². The fourth-order valence-electron chi connectivity index (χ4n) is 5.70. The Morgan fingerprint density at radius 1 is 1.25 bits per heavy atom. The molecule has 2 bridgehead atoms. The van der Waals surface area contributed by atoms with Gasteiger partial charge >= 0.3 is 5.97 Å². The Kier molecular flexibility index (Phi) is 6.02. The van der Waals surface area contributed by atoms with E-state index in [0.29, 0.717) is 18.2 Å². The number of methoxy groups -OCH3 is 1. The number of hydrogen-bond donors (Lipinski definition) is 2. The Hall–Kier alpha value is -2.64. The van der Waals surface area contributed by atoms with E-state index < -0.39 is 5.97 Å². The molecule has 1 aromatic rings. The summed E-state index contributed by atoms with van der Waals surface area (Å²) in [5.41, 5.74) is 2.74. The third-order valence-electron chi connectivity index (χ3n) is 7.44. The molecule has 5 aliphatic rings. The molecular formula is C25H32N4O3. The highest BCUT2D eigenvalue weighted by Gasteiger charge is 2.41. The summed E-state index contributed by atoms with van der Waals surface area (Å²) < 4.78 is 5.26. The van der Waals surface area contributed by atoms with Crippen LogP contribution in [0.2, 0.25) is 0 Å². The van der Waals surface area contributed by atoms with E-state index in [1.165, 1.54) is 25.9 Å². The van der Waals surface area contributed by atoms with Gasteiger partial charge in [-0.1, -0.05) is 12.1 Å². The number of aliphatic carboxylic acids is 1. The van der Waals surface area contributed by atoms with Crippen molar-refractivity contribution >= 4 is 12.2 Å². The van der Waals surface area contributed by atoms with Crippen molar-refractivity contribution < 1.29 is 14.6 Å². The van der Waals surface area contributed by atoms with Crippen LogP contribution in [-0.2, 0) is 11.3 Å². The molecule has 2 unspecified atom stereocenters. The zero-order valence-corrected chi connectivity index (χ0v) is 18.6. The smallest absolute Gasteiger partial charge is 0.332 e. The lowest BCUT2D eigenvalue weighted by atomic mass is 9.83. The van der Waals surface area contributed by atoms with Crippen LogP contribution in [-0.4, -0.2) is 72.6 Å². The number of carbonyl (C=O) groups is 1. The predicted octanol–water partition coefficient (Wildman–Crippen LogP) is 2.51. The van der Waals surface area contributed by atoms with Gasteiger partial charge in [0, 0.05) is 37.1 Å². The highest BCUT2D eigenvalue weighted by molar-refractivity contribution is 5.94. The number of hydrogen-bond acceptors (Lipinski definition) is 6. The fraction of sp³-hybridized carbons (Fsp3) is 0.520. The van der Waals surface area contributed by atoms with Gasteiger partial charge in [0.1, 0.15) is 11.9 Å². The number of rotatable bonds is 8. The van der Waals surface area contributed by atoms with Gasteiger partial charge in [-0.2, -0.15) is 0 Å². The van der Waals surface area contributed by atoms with E-state index >= 15 is 0 Å². The molecule has 0 saturated carbocycles. The van der Waals surface area contributed by atoms with E-state index in [0.717, 1.165) is 42.3 Å². The molecular weight excluding hydrogens is 404 g/mol. The minimum atomic E-state index is -0.853. The van der Waals surface area contributed by atoms with Crippen LogP contribution in [0.5, 0.6) is 5.75 Å². The first-order chi connectivity index (χ1) is 15.6. The number of fused-ring (bicyclic) bond motifs is 4. The highest BCUT2D eigenvalue weighted by Crippen LogP contribution is 2.39. The average Bonchev–Trinajstić information content (AvgIpc) is 3.17. The van der Waals surface area contributed by atoms with Gasteiger partial charge < -0.3 is 25.0 Å². The zero-order chi connectivity index (χ0) is 22.1. The molecule has 0 aliphatic carbocycles. The second-order valence-corrected chi connectivity index (χ2v) is 9.29. The van der Waals surface area contributed by atoms with Crippen LogP contribution in [0.15, 0.2) is 52.7 Å². The van der Waals surface area contributed by atoms with Crippen molar-refractivity contribution in [2.75, 3.05) is 33.3 Å². The van der Waals surface area contributed by atoms with Crippen molar-refractivity contribution in [2.24, 2.45) is 16.8 Å². The predicted molar refractivity (Wildman–Crippen MR) is 124 cm³/mol. The molecule has 2 N–H and O–H groups in total. The van der Waals surface area contributed by atoms with Gasteiger partial charge in [-0.15, -0.1) is 0 Å². The summed E-state index contributed by atoms with van der Waals surface area (Å²) in [5, 5.41) is 13.6. The summed E-state index contributed by atoms with van der Waals surface area (Å²) in [4.78, 5) is 21.4. The van der Waals surface area contributed by atoms with Gasteiger partial charge in [0.05, 0.1) is 13.0 Å². The maximum Gasteiger partial charge on any atom is 0.332 e. The minimum Gasteiger partial charge on any atom is -0.497 e. The number of piperidine rings is 3. The molecule has 170 valence electrons. The second-order valence-electron chi connectivity index (χ2n) is 9.29. The molecule has 0 spiro atoms. The van der Waals surface area contributed by atoms with Gasteiger partial charge in [0.25, 0.3) is 0 Å². The normalized spacial score (nSPS) is 30.7. The number of benzene rings is 1. The first-order valence-electron chi connectivity index (χ1n) is 11.6. The molecule has 6 rings (SSSR count). The molecule has 3 fully saturated rings. The van der Waals surface area contributed by atoms with Crippen LogP contribution in [0.1, 0.15) is 24.8 Å². The maximum absolute atomic E-state index is 12.0. The first-order valence-corrected chi connectivity index (χ1v) is 11.6. The Labute approximate surface area is 189 Å². The van der Waals surface area contributed by atoms with Gasteiger partial charge in [-0.05, 0) is 74.2 Å². The maximum atomic E-state index is 12.0. The molecule has 1 aromatic carbocycles. The standard InChI is InChI=1S/C25H32N4O3/c1-32-20-4-2-17(3-5-20)14-29-15-19(23-21(25(30)31)7-11-27-24(23)29)6-10-26-22-16-28-12-8-18(22)9-13-28/h2-5,7,11,15,18,22-24,26H,6,8-10,12-14,16H2,1H3,(H,30,31)/t22-,23?,24?/m0/s1. The zero-order valence-electron chi connectivity index (χ0n) is 18.6. The number of carboxylic acids is 1. The van der Waals surface area contributed by atoms with Crippen LogP contribution in [0.4, 0.5) is 0 Å². The summed E-state index contributed by atoms with van der Waals surface area (Å²) >= 11 is 0. The van der Waals surface area contributed by atoms with Crippen molar-refractivity contribution in [3.05, 3.63) is 53.3 Å². The van der Waals surface area contributed by atoms with Gasteiger partial charge in [0.15, 0.2) is 0 Å². The van der Waals surface area contributed by atoms with Crippen LogP contribution in [0, 0.1) is 11.8 Å². The molecule has 0 amide bonds. The summed E-state index contributed by atoms with van der Waals surface area (Å²) in [6.45, 7) is 5.18. The summed E-state index contributed by atoms with van der Waals surface area (Å²) in [6.07, 6.45) is 8.69. The number of allylic oxidation sites excluding steroid dienone is 1. The van der Waals surface area contributed by atoms with Crippen LogP contribution in [0.25, 0.3) is 0 Å². The topological polar surface area (TPSA) is 77.4 Å². The molecule has 7 nitrogen and oxygen atoms in total. The van der Waals surface area contributed by atoms with Crippen LogP contribution in [0.3, 0.4) is 0 Å². The molecule has 5 aliphatic heterocycles. The van der Waals surface area contributed by atoms with Crippen molar-refractivity contribution in [1.82, 2.24) is 15.1 Å². The van der Waals surface area contributed by atoms with Gasteiger partial charge in [-0.25, -0.2) is 4.79 Å². The number of nitrogens with zero attached hydrogens (tertiary/aromatic N) is 3. The lowest BCUT2D eigenvalue weighted by Gasteiger charge is -2.45. The van der Waals surface area contributed by atoms with E-state index in [9.17, 15) is 9.90 Å². The highest BCUT2D eigenvalue weighted by atomic mass is 16.5. The van der Waals surface area contributed by atoms with E-state index in [2.05, 4.69) is 38.4 Å². The number of nitrogens with one attached hydrogen (secondary N) is 1. The van der Waals surface area contributed by atoms with Crippen molar-refractivity contribution in [3.8, 4) is 5.75 Å². The number of ether oxygens (including phenoxy) is 1. The lowest BCUT2D eigenvalue weighted by Crippen LogP contribution is -2.56. The summed E-state index contributed by atoms with van der Waals surface area (Å²) in [7, 11) is 1.66. The van der Waals surface area contributed by atoms with Crippen LogP contribution < -0.4 is 10.1 Å². The van der Waals surface area contributed by atoms with Crippen LogP contribution >= 0.6 is 0 Å². The SMILES string of the molecule is COc1ccc(CN2C=C(CCN[C@H]3CN4CCC3CC4)C3C(C(=O)O)=CC=NC32)cc1. The molecule has 3 saturated heterocycles. The summed E-state index contributed by atoms with van der Waals surface area (Å²) in [5.74, 6) is 0.568. The Morgan fingerprint density at radius 2 is 2.03 bits per heavy atom. The largest absolute Gasteiger partial charge is 0.497 e. The Balaban J connectivity index is 1.29. The van der Waals surface area contributed by atoms with E-state index in [4.69, 9.17) is 4.74 Å². The fourth-order valence-corrected chi connectivity index (χ4v) is 5.70. The lowest BCUT2D eigenvalue weighted by molar-refractivity contribution is -0.133. The van der Waals surface area contributed by atoms with E-state index in [-0.39, 0.29) is 12.1 Å². The minimum absolute atomic E-state index is 0.191. The van der Waals surface area contributed by atoms with Crippen molar-refractivity contribution in [2.45, 2.75) is 38.0 Å². The Bertz CT molecular complexity index is 931. The summed E-state index contributed by atoms with van der Waals surface area (Å²) in [6, 6.07) is 8.57. The molecule has 32 heavy (non-hydrogen) atoms.